The predicted octanol–water partition coefficient (Wildman–Crippen LogP) is 4.40. The van der Waals surface area contributed by atoms with Gasteiger partial charge in [0.25, 0.3) is 5.91 Å². The average Bonchev–Trinajstić information content (AvgIpc) is 2.49. The van der Waals surface area contributed by atoms with Crippen molar-refractivity contribution in [2.45, 2.75) is 12.8 Å². The zero-order chi connectivity index (χ0) is 15.0. The molecule has 0 bridgehead atoms. The van der Waals surface area contributed by atoms with Crippen LogP contribution in [0.5, 0.6) is 5.75 Å². The van der Waals surface area contributed by atoms with E-state index in [2.05, 4.69) is 15.9 Å². The molecule has 0 atom stereocenters. The molecule has 0 fully saturated rings. The highest BCUT2D eigenvalue weighted by Gasteiger charge is 2.27. The van der Waals surface area contributed by atoms with Gasteiger partial charge in [-0.05, 0) is 58.6 Å². The number of halogens is 2. The van der Waals surface area contributed by atoms with E-state index < -0.39 is 0 Å². The zero-order valence-electron chi connectivity index (χ0n) is 11.1. The van der Waals surface area contributed by atoms with E-state index in [1.54, 1.807) is 35.2 Å². The molecule has 1 amide bonds. The Morgan fingerprint density at radius 3 is 2.90 bits per heavy atom. The Morgan fingerprint density at radius 1 is 1.29 bits per heavy atom. The molecule has 1 N–H and O–H groups in total. The molecule has 3 nitrogen and oxygen atoms in total. The number of nitrogens with zero attached hydrogens (tertiary/aromatic N) is 1. The summed E-state index contributed by atoms with van der Waals surface area (Å²) in [5.41, 5.74) is 2.10. The SMILES string of the molecule is O=C(c1cc(Cl)ccc1Br)N1CCCc2cccc(O)c21. The predicted molar refractivity (Wildman–Crippen MR) is 87.3 cm³/mol. The molecular weight excluding hydrogens is 354 g/mol. The lowest BCUT2D eigenvalue weighted by molar-refractivity contribution is 0.0983. The van der Waals surface area contributed by atoms with Crippen LogP contribution in [0.1, 0.15) is 22.3 Å². The second kappa shape index (κ2) is 5.70. The van der Waals surface area contributed by atoms with Crippen LogP contribution in [0.2, 0.25) is 5.02 Å². The number of carbonyl (C=O) groups excluding carboxylic acids is 1. The Morgan fingerprint density at radius 2 is 2.10 bits per heavy atom. The third kappa shape index (κ3) is 2.65. The number of benzene rings is 2. The number of amides is 1. The molecule has 0 radical (unpaired) electrons. The first-order chi connectivity index (χ1) is 10.1. The summed E-state index contributed by atoms with van der Waals surface area (Å²) in [5, 5.41) is 10.6. The lowest BCUT2D eigenvalue weighted by Crippen LogP contribution is -2.35. The molecule has 0 spiro atoms. The number of phenols is 1. The number of anilines is 1. The number of fused-ring (bicyclic) bond motifs is 1. The fourth-order valence-corrected chi connectivity index (χ4v) is 3.23. The van der Waals surface area contributed by atoms with Crippen LogP contribution >= 0.6 is 27.5 Å². The normalized spacial score (nSPS) is 13.9. The zero-order valence-corrected chi connectivity index (χ0v) is 13.5. The van der Waals surface area contributed by atoms with Crippen molar-refractivity contribution in [1.82, 2.24) is 0 Å². The van der Waals surface area contributed by atoms with E-state index in [0.29, 0.717) is 27.3 Å². The van der Waals surface area contributed by atoms with Gasteiger partial charge < -0.3 is 10.0 Å². The lowest BCUT2D eigenvalue weighted by Gasteiger charge is -2.30. The number of carbonyl (C=O) groups is 1. The van der Waals surface area contributed by atoms with Crippen molar-refractivity contribution >= 4 is 39.1 Å². The standard InChI is InChI=1S/C16H13BrClNO2/c17-13-7-6-11(18)9-12(13)16(21)19-8-2-4-10-3-1-5-14(20)15(10)19/h1,3,5-7,9,20H,2,4,8H2. The summed E-state index contributed by atoms with van der Waals surface area (Å²) >= 11 is 9.38. The van der Waals surface area contributed by atoms with Gasteiger partial charge in [0.1, 0.15) is 5.75 Å². The number of phenolic OH excluding ortho intramolecular Hbond substituents is 1. The first kappa shape index (κ1) is 14.4. The molecule has 108 valence electrons. The van der Waals surface area contributed by atoms with Gasteiger partial charge in [0.15, 0.2) is 0 Å². The molecule has 1 heterocycles. The molecule has 21 heavy (non-hydrogen) atoms. The summed E-state index contributed by atoms with van der Waals surface area (Å²) in [6.45, 7) is 0.586. The van der Waals surface area contributed by atoms with Crippen LogP contribution < -0.4 is 4.90 Å². The quantitative estimate of drug-likeness (QED) is 0.812. The molecule has 0 aromatic heterocycles. The summed E-state index contributed by atoms with van der Waals surface area (Å²) in [7, 11) is 0. The first-order valence-corrected chi connectivity index (χ1v) is 7.83. The molecular formula is C16H13BrClNO2. The average molecular weight is 367 g/mol. The van der Waals surface area contributed by atoms with E-state index in [1.165, 1.54) is 0 Å². The van der Waals surface area contributed by atoms with E-state index >= 15 is 0 Å². The van der Waals surface area contributed by atoms with Crippen molar-refractivity contribution in [3.63, 3.8) is 0 Å². The highest BCUT2D eigenvalue weighted by molar-refractivity contribution is 9.10. The maximum atomic E-state index is 12.8. The molecule has 5 heteroatoms. The van der Waals surface area contributed by atoms with E-state index in [-0.39, 0.29) is 11.7 Å². The van der Waals surface area contributed by atoms with Crippen LogP contribution in [0.15, 0.2) is 40.9 Å². The monoisotopic (exact) mass is 365 g/mol. The van der Waals surface area contributed by atoms with Crippen molar-refractivity contribution in [2.24, 2.45) is 0 Å². The largest absolute Gasteiger partial charge is 0.506 e. The van der Waals surface area contributed by atoms with Gasteiger partial charge in [-0.25, -0.2) is 0 Å². The number of rotatable bonds is 1. The molecule has 1 aliphatic heterocycles. The van der Waals surface area contributed by atoms with E-state index in [9.17, 15) is 9.90 Å². The number of hydrogen-bond donors (Lipinski definition) is 1. The number of hydrogen-bond acceptors (Lipinski definition) is 2. The molecule has 2 aromatic rings. The van der Waals surface area contributed by atoms with Gasteiger partial charge in [-0.15, -0.1) is 0 Å². The Hall–Kier alpha value is -1.52. The molecule has 0 aliphatic carbocycles. The summed E-state index contributed by atoms with van der Waals surface area (Å²) in [4.78, 5) is 14.4. The number of aromatic hydroxyl groups is 1. The molecule has 1 aliphatic rings. The van der Waals surface area contributed by atoms with Crippen molar-refractivity contribution in [3.05, 3.63) is 57.0 Å². The lowest BCUT2D eigenvalue weighted by atomic mass is 10.00. The summed E-state index contributed by atoms with van der Waals surface area (Å²) in [5.74, 6) is -0.0227. The van der Waals surface area contributed by atoms with E-state index in [4.69, 9.17) is 11.6 Å². The fourth-order valence-electron chi connectivity index (χ4n) is 2.64. The van der Waals surface area contributed by atoms with Crippen LogP contribution in [0.4, 0.5) is 5.69 Å². The summed E-state index contributed by atoms with van der Waals surface area (Å²) in [6.07, 6.45) is 1.74. The van der Waals surface area contributed by atoms with Gasteiger partial charge >= 0.3 is 0 Å². The Balaban J connectivity index is 2.06. The topological polar surface area (TPSA) is 40.5 Å². The maximum absolute atomic E-state index is 12.8. The van der Waals surface area contributed by atoms with E-state index in [1.807, 2.05) is 6.07 Å². The second-order valence-corrected chi connectivity index (χ2v) is 6.26. The minimum Gasteiger partial charge on any atom is -0.506 e. The highest BCUT2D eigenvalue weighted by Crippen LogP contribution is 2.37. The van der Waals surface area contributed by atoms with E-state index in [0.717, 1.165) is 18.4 Å². The van der Waals surface area contributed by atoms with Gasteiger partial charge in [0.05, 0.1) is 11.3 Å². The Kier molecular flexibility index (Phi) is 3.91. The number of para-hydroxylation sites is 1. The summed E-state index contributed by atoms with van der Waals surface area (Å²) < 4.78 is 0.694. The fraction of sp³-hybridized carbons (Fsp3) is 0.188. The highest BCUT2D eigenvalue weighted by atomic mass is 79.9. The van der Waals surface area contributed by atoms with Crippen LogP contribution in [-0.4, -0.2) is 17.6 Å². The van der Waals surface area contributed by atoms with Crippen LogP contribution in [-0.2, 0) is 6.42 Å². The molecule has 0 unspecified atom stereocenters. The second-order valence-electron chi connectivity index (χ2n) is 4.97. The van der Waals surface area contributed by atoms with Gasteiger partial charge in [0.2, 0.25) is 0 Å². The van der Waals surface area contributed by atoms with Crippen LogP contribution in [0, 0.1) is 0 Å². The smallest absolute Gasteiger partial charge is 0.259 e. The molecule has 2 aromatic carbocycles. The third-order valence-corrected chi connectivity index (χ3v) is 4.53. The maximum Gasteiger partial charge on any atom is 0.259 e. The van der Waals surface area contributed by atoms with Gasteiger partial charge in [-0.3, -0.25) is 4.79 Å². The Bertz CT molecular complexity index is 717. The van der Waals surface area contributed by atoms with Crippen molar-refractivity contribution in [1.29, 1.82) is 0 Å². The van der Waals surface area contributed by atoms with Gasteiger partial charge in [0, 0.05) is 16.0 Å². The van der Waals surface area contributed by atoms with Crippen molar-refractivity contribution in [2.75, 3.05) is 11.4 Å². The minimum atomic E-state index is -0.160. The molecule has 0 saturated heterocycles. The van der Waals surface area contributed by atoms with Crippen molar-refractivity contribution in [3.8, 4) is 5.75 Å². The Labute approximate surface area is 136 Å². The third-order valence-electron chi connectivity index (χ3n) is 3.60. The van der Waals surface area contributed by atoms with Gasteiger partial charge in [-0.2, -0.15) is 0 Å². The number of aryl methyl sites for hydroxylation is 1. The molecule has 3 rings (SSSR count). The molecule has 0 saturated carbocycles. The minimum absolute atomic E-state index is 0.138. The van der Waals surface area contributed by atoms with Crippen molar-refractivity contribution < 1.29 is 9.90 Å². The first-order valence-electron chi connectivity index (χ1n) is 6.65. The summed E-state index contributed by atoms with van der Waals surface area (Å²) in [6, 6.07) is 10.5. The van der Waals surface area contributed by atoms with Crippen LogP contribution in [0.25, 0.3) is 0 Å². The van der Waals surface area contributed by atoms with Gasteiger partial charge in [-0.1, -0.05) is 23.7 Å². The van der Waals surface area contributed by atoms with Crippen LogP contribution in [0.3, 0.4) is 0 Å².